The monoisotopic (exact) mass is 293 g/mol. The molecule has 0 radical (unpaired) electrons. The minimum absolute atomic E-state index is 0.107. The molecule has 0 unspecified atom stereocenters. The second-order valence-electron chi connectivity index (χ2n) is 5.85. The van der Waals surface area contributed by atoms with Crippen LogP contribution in [0.5, 0.6) is 0 Å². The van der Waals surface area contributed by atoms with Crippen LogP contribution in [0.4, 0.5) is 5.69 Å². The van der Waals surface area contributed by atoms with Gasteiger partial charge >= 0.3 is 0 Å². The summed E-state index contributed by atoms with van der Waals surface area (Å²) in [4.78, 5) is 19.6. The quantitative estimate of drug-likeness (QED) is 0.763. The second-order valence-corrected chi connectivity index (χ2v) is 5.85. The van der Waals surface area contributed by atoms with Gasteiger partial charge < -0.3 is 10.3 Å². The molecular formula is C18H19N3O. The maximum absolute atomic E-state index is 12.4. The van der Waals surface area contributed by atoms with Crippen molar-refractivity contribution < 1.29 is 4.79 Å². The molecule has 0 atom stereocenters. The highest BCUT2D eigenvalue weighted by molar-refractivity contribution is 6.08. The fourth-order valence-electron chi connectivity index (χ4n) is 2.53. The topological polar surface area (TPSA) is 57.8 Å². The Labute approximate surface area is 129 Å². The molecule has 0 aliphatic heterocycles. The van der Waals surface area contributed by atoms with Crippen molar-refractivity contribution in [1.82, 2.24) is 9.97 Å². The second kappa shape index (κ2) is 6.02. The van der Waals surface area contributed by atoms with Gasteiger partial charge in [0.2, 0.25) is 0 Å². The molecular weight excluding hydrogens is 274 g/mol. The Balaban J connectivity index is 1.78. The van der Waals surface area contributed by atoms with Crippen LogP contribution in [-0.2, 0) is 6.42 Å². The van der Waals surface area contributed by atoms with E-state index >= 15 is 0 Å². The molecule has 2 N–H and O–H groups in total. The summed E-state index contributed by atoms with van der Waals surface area (Å²) in [5.41, 5.74) is 3.45. The van der Waals surface area contributed by atoms with Crippen molar-refractivity contribution in [2.45, 2.75) is 20.3 Å². The Kier molecular flexibility index (Phi) is 3.92. The molecule has 4 heteroatoms. The number of anilines is 1. The van der Waals surface area contributed by atoms with E-state index in [4.69, 9.17) is 0 Å². The van der Waals surface area contributed by atoms with Crippen LogP contribution in [0.15, 0.2) is 48.8 Å². The minimum atomic E-state index is -0.107. The number of fused-ring (bicyclic) bond motifs is 1. The van der Waals surface area contributed by atoms with Gasteiger partial charge in [0.25, 0.3) is 5.91 Å². The fraction of sp³-hybridized carbons (Fsp3) is 0.222. The van der Waals surface area contributed by atoms with Crippen molar-refractivity contribution in [3.8, 4) is 0 Å². The Hall–Kier alpha value is -2.62. The summed E-state index contributed by atoms with van der Waals surface area (Å²) in [5.74, 6) is 0.503. The lowest BCUT2D eigenvalue weighted by molar-refractivity contribution is 0.102. The van der Waals surface area contributed by atoms with Crippen LogP contribution in [0.25, 0.3) is 11.0 Å². The Bertz CT molecular complexity index is 787. The van der Waals surface area contributed by atoms with E-state index in [-0.39, 0.29) is 5.91 Å². The van der Waals surface area contributed by atoms with Gasteiger partial charge in [0, 0.05) is 23.3 Å². The number of carbonyl (C=O) groups excluding carboxylic acids is 1. The Morgan fingerprint density at radius 1 is 1.18 bits per heavy atom. The number of nitrogens with one attached hydrogen (secondary N) is 2. The van der Waals surface area contributed by atoms with Gasteiger partial charge in [-0.1, -0.05) is 26.0 Å². The zero-order valence-electron chi connectivity index (χ0n) is 12.8. The molecule has 0 bridgehead atoms. The third-order valence-corrected chi connectivity index (χ3v) is 3.57. The van der Waals surface area contributed by atoms with Crippen molar-refractivity contribution in [3.63, 3.8) is 0 Å². The van der Waals surface area contributed by atoms with Gasteiger partial charge in [-0.2, -0.15) is 0 Å². The number of amides is 1. The first kappa shape index (κ1) is 14.3. The van der Waals surface area contributed by atoms with E-state index in [9.17, 15) is 4.79 Å². The van der Waals surface area contributed by atoms with Gasteiger partial charge in [0.05, 0.1) is 5.69 Å². The van der Waals surface area contributed by atoms with Crippen LogP contribution >= 0.6 is 0 Å². The van der Waals surface area contributed by atoms with Crippen molar-refractivity contribution in [2.75, 3.05) is 5.32 Å². The fourth-order valence-corrected chi connectivity index (χ4v) is 2.53. The number of nitrogens with zero attached hydrogens (tertiary/aromatic N) is 1. The van der Waals surface area contributed by atoms with E-state index in [2.05, 4.69) is 29.1 Å². The average Bonchev–Trinajstić information content (AvgIpc) is 2.97. The summed E-state index contributed by atoms with van der Waals surface area (Å²) >= 11 is 0. The Morgan fingerprint density at radius 3 is 2.68 bits per heavy atom. The predicted octanol–water partition coefficient (Wildman–Crippen LogP) is 4.01. The molecule has 3 rings (SSSR count). The maximum Gasteiger partial charge on any atom is 0.255 e. The molecule has 1 aromatic carbocycles. The molecule has 0 aliphatic rings. The number of carbonyl (C=O) groups is 1. The number of hydrogen-bond acceptors (Lipinski definition) is 2. The van der Waals surface area contributed by atoms with Gasteiger partial charge in [0.15, 0.2) is 0 Å². The highest BCUT2D eigenvalue weighted by atomic mass is 16.1. The highest BCUT2D eigenvalue weighted by Gasteiger charge is 2.09. The number of hydrogen-bond donors (Lipinski definition) is 2. The SMILES string of the molecule is CC(C)Cc1ccc(C(=O)Nc2ccnc3[nH]ccc23)cc1. The van der Waals surface area contributed by atoms with E-state index in [0.29, 0.717) is 11.5 Å². The summed E-state index contributed by atoms with van der Waals surface area (Å²) in [5, 5.41) is 3.86. The molecule has 4 nitrogen and oxygen atoms in total. The van der Waals surface area contributed by atoms with Crippen molar-refractivity contribution in [2.24, 2.45) is 5.92 Å². The van der Waals surface area contributed by atoms with Crippen LogP contribution in [-0.4, -0.2) is 15.9 Å². The average molecular weight is 293 g/mol. The molecule has 112 valence electrons. The lowest BCUT2D eigenvalue weighted by atomic mass is 10.0. The van der Waals surface area contributed by atoms with Crippen molar-refractivity contribution >= 4 is 22.6 Å². The number of pyridine rings is 1. The minimum Gasteiger partial charge on any atom is -0.346 e. The van der Waals surface area contributed by atoms with E-state index < -0.39 is 0 Å². The van der Waals surface area contributed by atoms with Crippen LogP contribution in [0.1, 0.15) is 29.8 Å². The van der Waals surface area contributed by atoms with Gasteiger partial charge in [-0.05, 0) is 42.2 Å². The number of benzene rings is 1. The first-order valence-electron chi connectivity index (χ1n) is 7.46. The number of rotatable bonds is 4. The first-order chi connectivity index (χ1) is 10.6. The smallest absolute Gasteiger partial charge is 0.255 e. The highest BCUT2D eigenvalue weighted by Crippen LogP contribution is 2.21. The summed E-state index contributed by atoms with van der Waals surface area (Å²) in [6, 6.07) is 11.5. The third-order valence-electron chi connectivity index (χ3n) is 3.57. The molecule has 0 aliphatic carbocycles. The molecule has 0 saturated heterocycles. The van der Waals surface area contributed by atoms with Crippen LogP contribution in [0.2, 0.25) is 0 Å². The molecule has 0 spiro atoms. The summed E-state index contributed by atoms with van der Waals surface area (Å²) in [7, 11) is 0. The van der Waals surface area contributed by atoms with E-state index in [1.165, 1.54) is 5.56 Å². The van der Waals surface area contributed by atoms with Crippen LogP contribution in [0.3, 0.4) is 0 Å². The zero-order valence-corrected chi connectivity index (χ0v) is 12.8. The van der Waals surface area contributed by atoms with Gasteiger partial charge in [-0.3, -0.25) is 4.79 Å². The number of aromatic nitrogens is 2. The zero-order chi connectivity index (χ0) is 15.5. The van der Waals surface area contributed by atoms with Gasteiger partial charge in [-0.15, -0.1) is 0 Å². The summed E-state index contributed by atoms with van der Waals surface area (Å²) in [6.45, 7) is 4.37. The van der Waals surface area contributed by atoms with Gasteiger partial charge in [0.1, 0.15) is 5.65 Å². The molecule has 0 saturated carbocycles. The molecule has 2 heterocycles. The normalized spacial score (nSPS) is 11.0. The first-order valence-corrected chi connectivity index (χ1v) is 7.46. The molecule has 0 fully saturated rings. The van der Waals surface area contributed by atoms with E-state index in [0.717, 1.165) is 23.1 Å². The molecule has 3 aromatic rings. The summed E-state index contributed by atoms with van der Waals surface area (Å²) in [6.07, 6.45) is 4.52. The van der Waals surface area contributed by atoms with Crippen molar-refractivity contribution in [3.05, 3.63) is 59.9 Å². The van der Waals surface area contributed by atoms with E-state index in [1.54, 1.807) is 12.3 Å². The standard InChI is InChI=1S/C18H19N3O/c1-12(2)11-13-3-5-14(6-4-13)18(22)21-16-8-10-20-17-15(16)7-9-19-17/h3-10,12H,11H2,1-2H3,(H2,19,20,21,22). The molecule has 2 aromatic heterocycles. The maximum atomic E-state index is 12.4. The van der Waals surface area contributed by atoms with E-state index in [1.807, 2.05) is 36.5 Å². The van der Waals surface area contributed by atoms with Gasteiger partial charge in [-0.25, -0.2) is 4.98 Å². The summed E-state index contributed by atoms with van der Waals surface area (Å²) < 4.78 is 0. The molecule has 1 amide bonds. The third kappa shape index (κ3) is 3.01. The number of aromatic amines is 1. The van der Waals surface area contributed by atoms with Crippen molar-refractivity contribution in [1.29, 1.82) is 0 Å². The molecule has 22 heavy (non-hydrogen) atoms. The predicted molar refractivity (Wildman–Crippen MR) is 89.0 cm³/mol. The lowest BCUT2D eigenvalue weighted by Crippen LogP contribution is -2.12. The lowest BCUT2D eigenvalue weighted by Gasteiger charge is -2.08. The van der Waals surface area contributed by atoms with Crippen LogP contribution in [0, 0.1) is 5.92 Å². The Morgan fingerprint density at radius 2 is 1.95 bits per heavy atom. The van der Waals surface area contributed by atoms with Crippen LogP contribution < -0.4 is 5.32 Å². The largest absolute Gasteiger partial charge is 0.346 e. The number of H-pyrrole nitrogens is 1.